The van der Waals surface area contributed by atoms with Crippen molar-refractivity contribution in [2.45, 2.75) is 25.2 Å². The van der Waals surface area contributed by atoms with Crippen molar-refractivity contribution in [3.63, 3.8) is 0 Å². The Hall–Kier alpha value is -1.90. The van der Waals surface area contributed by atoms with Crippen molar-refractivity contribution in [3.8, 4) is 0 Å². The maximum absolute atomic E-state index is 12.2. The lowest BCUT2D eigenvalue weighted by Gasteiger charge is -2.33. The average molecular weight is 244 g/mol. The lowest BCUT2D eigenvalue weighted by molar-refractivity contribution is -0.149. The Morgan fingerprint density at radius 3 is 2.44 bits per heavy atom. The van der Waals surface area contributed by atoms with E-state index in [0.29, 0.717) is 6.42 Å². The van der Waals surface area contributed by atoms with Gasteiger partial charge in [0, 0.05) is 6.42 Å². The van der Waals surface area contributed by atoms with Crippen LogP contribution in [0.25, 0.3) is 0 Å². The maximum atomic E-state index is 12.2. The molecule has 0 N–H and O–H groups in total. The van der Waals surface area contributed by atoms with E-state index in [4.69, 9.17) is 4.74 Å². The summed E-state index contributed by atoms with van der Waals surface area (Å²) in [6.07, 6.45) is 2.33. The molecule has 0 saturated heterocycles. The molecule has 1 unspecified atom stereocenters. The molecule has 1 aromatic carbocycles. The Labute approximate surface area is 106 Å². The number of carbonyl (C=O) groups excluding carboxylic acids is 2. The molecule has 1 aliphatic carbocycles. The van der Waals surface area contributed by atoms with E-state index in [1.165, 1.54) is 7.11 Å². The number of carbonyl (C=O) groups is 2. The van der Waals surface area contributed by atoms with Gasteiger partial charge in [-0.2, -0.15) is 0 Å². The van der Waals surface area contributed by atoms with Gasteiger partial charge in [-0.3, -0.25) is 9.59 Å². The molecule has 0 bridgehead atoms. The quantitative estimate of drug-likeness (QED) is 0.750. The fourth-order valence-corrected chi connectivity index (χ4v) is 2.63. The van der Waals surface area contributed by atoms with Gasteiger partial charge in [0.2, 0.25) is 0 Å². The van der Waals surface area contributed by atoms with Crippen molar-refractivity contribution >= 4 is 11.8 Å². The smallest absolute Gasteiger partial charge is 0.317 e. The highest BCUT2D eigenvalue weighted by Crippen LogP contribution is 2.39. The monoisotopic (exact) mass is 244 g/mol. The standard InChI is InChI=1S/C15H16O3/c1-11-8-13(16)10-15(9-11,14(17)18-2)12-6-4-3-5-7-12/h3-8H,9-10H2,1-2H3. The van der Waals surface area contributed by atoms with E-state index in [2.05, 4.69) is 0 Å². The molecule has 1 atom stereocenters. The molecule has 0 aromatic heterocycles. The topological polar surface area (TPSA) is 43.4 Å². The molecule has 2 rings (SSSR count). The van der Waals surface area contributed by atoms with Gasteiger partial charge >= 0.3 is 5.97 Å². The number of hydrogen-bond donors (Lipinski definition) is 0. The van der Waals surface area contributed by atoms with E-state index < -0.39 is 5.41 Å². The van der Waals surface area contributed by atoms with Crippen molar-refractivity contribution in [1.29, 1.82) is 0 Å². The molecule has 0 aliphatic heterocycles. The van der Waals surface area contributed by atoms with Gasteiger partial charge in [-0.15, -0.1) is 0 Å². The van der Waals surface area contributed by atoms with E-state index in [1.807, 2.05) is 37.3 Å². The van der Waals surface area contributed by atoms with Crippen LogP contribution in [0.1, 0.15) is 25.3 Å². The summed E-state index contributed by atoms with van der Waals surface area (Å²) in [6.45, 7) is 1.87. The predicted molar refractivity (Wildman–Crippen MR) is 68.1 cm³/mol. The molecule has 1 aliphatic rings. The SMILES string of the molecule is COC(=O)C1(c2ccccc2)CC(=O)C=C(C)C1. The molecule has 3 heteroatoms. The third-order valence-corrected chi connectivity index (χ3v) is 3.37. The molecular formula is C15H16O3. The molecule has 18 heavy (non-hydrogen) atoms. The van der Waals surface area contributed by atoms with Crippen LogP contribution in [0.2, 0.25) is 0 Å². The minimum Gasteiger partial charge on any atom is -0.468 e. The van der Waals surface area contributed by atoms with E-state index in [9.17, 15) is 9.59 Å². The normalized spacial score (nSPS) is 23.4. The number of benzene rings is 1. The summed E-state index contributed by atoms with van der Waals surface area (Å²) < 4.78 is 4.93. The molecule has 3 nitrogen and oxygen atoms in total. The zero-order valence-corrected chi connectivity index (χ0v) is 10.6. The van der Waals surface area contributed by atoms with Crippen LogP contribution >= 0.6 is 0 Å². The highest BCUT2D eigenvalue weighted by Gasteiger charge is 2.44. The number of ketones is 1. The number of ether oxygens (including phenoxy) is 1. The minimum absolute atomic E-state index is 0.0204. The highest BCUT2D eigenvalue weighted by molar-refractivity contribution is 5.99. The van der Waals surface area contributed by atoms with Crippen LogP contribution in [0.4, 0.5) is 0 Å². The van der Waals surface area contributed by atoms with E-state index in [-0.39, 0.29) is 18.2 Å². The van der Waals surface area contributed by atoms with Crippen molar-refractivity contribution in [1.82, 2.24) is 0 Å². The molecule has 0 saturated carbocycles. The molecule has 0 fully saturated rings. The Morgan fingerprint density at radius 1 is 1.22 bits per heavy atom. The average Bonchev–Trinajstić information content (AvgIpc) is 2.37. The minimum atomic E-state index is -0.855. The van der Waals surface area contributed by atoms with Crippen LogP contribution in [-0.4, -0.2) is 18.9 Å². The van der Waals surface area contributed by atoms with Crippen LogP contribution in [0.5, 0.6) is 0 Å². The van der Waals surface area contributed by atoms with E-state index >= 15 is 0 Å². The zero-order chi connectivity index (χ0) is 13.2. The van der Waals surface area contributed by atoms with Crippen LogP contribution in [0.3, 0.4) is 0 Å². The summed E-state index contributed by atoms with van der Waals surface area (Å²) in [6, 6.07) is 9.39. The summed E-state index contributed by atoms with van der Waals surface area (Å²) >= 11 is 0. The van der Waals surface area contributed by atoms with Gasteiger partial charge in [0.1, 0.15) is 5.41 Å². The van der Waals surface area contributed by atoms with Gasteiger partial charge in [0.15, 0.2) is 5.78 Å². The van der Waals surface area contributed by atoms with Crippen LogP contribution in [0.15, 0.2) is 42.0 Å². The summed E-state index contributed by atoms with van der Waals surface area (Å²) in [4.78, 5) is 24.0. The summed E-state index contributed by atoms with van der Waals surface area (Å²) in [5.74, 6) is -0.359. The Morgan fingerprint density at radius 2 is 1.89 bits per heavy atom. The van der Waals surface area contributed by atoms with E-state index in [1.54, 1.807) is 6.08 Å². The fourth-order valence-electron chi connectivity index (χ4n) is 2.63. The largest absolute Gasteiger partial charge is 0.468 e. The second-order valence-corrected chi connectivity index (χ2v) is 4.75. The third-order valence-electron chi connectivity index (χ3n) is 3.37. The number of hydrogen-bond acceptors (Lipinski definition) is 3. The number of rotatable bonds is 2. The number of esters is 1. The van der Waals surface area contributed by atoms with Gasteiger partial charge in [-0.25, -0.2) is 0 Å². The molecule has 0 heterocycles. The second kappa shape index (κ2) is 4.77. The van der Waals surface area contributed by atoms with Crippen molar-refractivity contribution in [2.24, 2.45) is 0 Å². The molecule has 0 spiro atoms. The Kier molecular flexibility index (Phi) is 3.32. The number of allylic oxidation sites excluding steroid dienone is 2. The molecule has 0 amide bonds. The fraction of sp³-hybridized carbons (Fsp3) is 0.333. The van der Waals surface area contributed by atoms with Crippen molar-refractivity contribution in [3.05, 3.63) is 47.5 Å². The molecular weight excluding hydrogens is 228 g/mol. The summed E-state index contributed by atoms with van der Waals surface area (Å²) in [5.41, 5.74) is 0.907. The molecule has 1 aromatic rings. The van der Waals surface area contributed by atoms with Crippen molar-refractivity contribution in [2.75, 3.05) is 7.11 Å². The first-order chi connectivity index (χ1) is 8.58. The predicted octanol–water partition coefficient (Wildman–Crippen LogP) is 2.41. The van der Waals surface area contributed by atoms with Gasteiger partial charge in [-0.1, -0.05) is 35.9 Å². The second-order valence-electron chi connectivity index (χ2n) is 4.75. The van der Waals surface area contributed by atoms with Crippen molar-refractivity contribution < 1.29 is 14.3 Å². The first-order valence-corrected chi connectivity index (χ1v) is 5.92. The lowest BCUT2D eigenvalue weighted by Crippen LogP contribution is -2.41. The van der Waals surface area contributed by atoms with Gasteiger partial charge < -0.3 is 4.74 Å². The highest BCUT2D eigenvalue weighted by atomic mass is 16.5. The third kappa shape index (κ3) is 2.08. The maximum Gasteiger partial charge on any atom is 0.317 e. The molecule has 0 radical (unpaired) electrons. The van der Waals surface area contributed by atoms with E-state index in [0.717, 1.165) is 11.1 Å². The Bertz CT molecular complexity index is 502. The summed E-state index contributed by atoms with van der Waals surface area (Å²) in [5, 5.41) is 0. The number of methoxy groups -OCH3 is 1. The first kappa shape index (κ1) is 12.6. The first-order valence-electron chi connectivity index (χ1n) is 5.92. The zero-order valence-electron chi connectivity index (χ0n) is 10.6. The van der Waals surface area contributed by atoms with Crippen LogP contribution in [0, 0.1) is 0 Å². The Balaban J connectivity index is 2.53. The van der Waals surface area contributed by atoms with Gasteiger partial charge in [0.25, 0.3) is 0 Å². The summed E-state index contributed by atoms with van der Waals surface area (Å²) in [7, 11) is 1.37. The van der Waals surface area contributed by atoms with Crippen LogP contribution < -0.4 is 0 Å². The van der Waals surface area contributed by atoms with Gasteiger partial charge in [-0.05, 0) is 25.0 Å². The van der Waals surface area contributed by atoms with Crippen LogP contribution in [-0.2, 0) is 19.7 Å². The lowest BCUT2D eigenvalue weighted by atomic mass is 9.69. The molecule has 94 valence electrons. The van der Waals surface area contributed by atoms with Gasteiger partial charge in [0.05, 0.1) is 7.11 Å².